The van der Waals surface area contributed by atoms with E-state index in [2.05, 4.69) is 20.3 Å². The van der Waals surface area contributed by atoms with Crippen LogP contribution in [0.5, 0.6) is 5.75 Å². The van der Waals surface area contributed by atoms with E-state index >= 15 is 0 Å². The number of rotatable bonds is 4. The molecule has 7 nitrogen and oxygen atoms in total. The van der Waals surface area contributed by atoms with Crippen molar-refractivity contribution in [3.8, 4) is 11.4 Å². The Balaban J connectivity index is 1.77. The highest BCUT2D eigenvalue weighted by atomic mass is 16.5. The Morgan fingerprint density at radius 2 is 1.69 bits per heavy atom. The minimum Gasteiger partial charge on any atom is -0.497 e. The van der Waals surface area contributed by atoms with Crippen LogP contribution in [0.2, 0.25) is 0 Å². The van der Waals surface area contributed by atoms with Crippen LogP contribution in [-0.2, 0) is 0 Å². The Labute approximate surface area is 149 Å². The topological polar surface area (TPSA) is 88.7 Å². The van der Waals surface area contributed by atoms with Crippen LogP contribution in [0.4, 0.5) is 11.5 Å². The highest BCUT2D eigenvalue weighted by molar-refractivity contribution is 5.86. The van der Waals surface area contributed by atoms with E-state index in [9.17, 15) is 0 Å². The quantitative estimate of drug-likeness (QED) is 0.594. The molecule has 0 fully saturated rings. The van der Waals surface area contributed by atoms with Gasteiger partial charge in [-0.05, 0) is 36.4 Å². The minimum absolute atomic E-state index is 0.251. The van der Waals surface area contributed by atoms with Gasteiger partial charge in [0.15, 0.2) is 11.3 Å². The predicted octanol–water partition coefficient (Wildman–Crippen LogP) is 3.05. The van der Waals surface area contributed by atoms with Crippen molar-refractivity contribution in [2.75, 3.05) is 12.4 Å². The summed E-state index contributed by atoms with van der Waals surface area (Å²) in [4.78, 5) is 13.0. The summed E-state index contributed by atoms with van der Waals surface area (Å²) in [5.41, 5.74) is 2.97. The zero-order valence-corrected chi connectivity index (χ0v) is 14.0. The molecule has 4 aromatic rings. The molecule has 0 unspecified atom stereocenters. The van der Waals surface area contributed by atoms with Crippen LogP contribution in [0.3, 0.4) is 0 Å². The Hall–Kier alpha value is -3.74. The second-order valence-electron chi connectivity index (χ2n) is 5.57. The molecular formula is C19H16N6O. The number of nitrogens with one attached hydrogen (secondary N) is 2. The number of hydrogen-bond acceptors (Lipinski definition) is 6. The SMILES string of the molecule is COc1ccc(Nc2ncnc3c(=N)n(-c4ccccc4)cnc23)cc1. The molecule has 0 saturated heterocycles. The van der Waals surface area contributed by atoms with E-state index in [0.29, 0.717) is 16.9 Å². The van der Waals surface area contributed by atoms with Gasteiger partial charge in [0, 0.05) is 11.4 Å². The highest BCUT2D eigenvalue weighted by Gasteiger charge is 2.10. The molecule has 0 amide bonds. The number of benzene rings is 2. The third-order valence-corrected chi connectivity index (χ3v) is 3.98. The third-order valence-electron chi connectivity index (χ3n) is 3.98. The molecule has 128 valence electrons. The summed E-state index contributed by atoms with van der Waals surface area (Å²) >= 11 is 0. The molecular weight excluding hydrogens is 328 g/mol. The first-order valence-electron chi connectivity index (χ1n) is 8.00. The minimum atomic E-state index is 0.251. The first-order valence-corrected chi connectivity index (χ1v) is 8.00. The van der Waals surface area contributed by atoms with Crippen molar-refractivity contribution in [1.29, 1.82) is 5.41 Å². The lowest BCUT2D eigenvalue weighted by Crippen LogP contribution is -2.20. The van der Waals surface area contributed by atoms with Crippen molar-refractivity contribution in [3.05, 3.63) is 72.7 Å². The van der Waals surface area contributed by atoms with E-state index in [0.717, 1.165) is 17.1 Å². The van der Waals surface area contributed by atoms with E-state index in [1.54, 1.807) is 18.0 Å². The highest BCUT2D eigenvalue weighted by Crippen LogP contribution is 2.22. The molecule has 2 heterocycles. The summed E-state index contributed by atoms with van der Waals surface area (Å²) in [5.74, 6) is 1.33. The lowest BCUT2D eigenvalue weighted by Gasteiger charge is -2.11. The van der Waals surface area contributed by atoms with Gasteiger partial charge in [-0.2, -0.15) is 0 Å². The largest absolute Gasteiger partial charge is 0.497 e. The summed E-state index contributed by atoms with van der Waals surface area (Å²) in [5, 5.41) is 11.7. The molecule has 0 radical (unpaired) electrons. The Bertz CT molecular complexity index is 1110. The van der Waals surface area contributed by atoms with E-state index < -0.39 is 0 Å². The molecule has 2 aromatic heterocycles. The number of aromatic nitrogens is 4. The van der Waals surface area contributed by atoms with Crippen LogP contribution >= 0.6 is 0 Å². The lowest BCUT2D eigenvalue weighted by molar-refractivity contribution is 0.415. The second-order valence-corrected chi connectivity index (χ2v) is 5.57. The van der Waals surface area contributed by atoms with Crippen LogP contribution < -0.4 is 15.5 Å². The average molecular weight is 344 g/mol. The van der Waals surface area contributed by atoms with Crippen molar-refractivity contribution in [2.45, 2.75) is 0 Å². The van der Waals surface area contributed by atoms with Gasteiger partial charge in [-0.25, -0.2) is 15.0 Å². The van der Waals surface area contributed by atoms with Crippen LogP contribution in [0, 0.1) is 5.41 Å². The predicted molar refractivity (Wildman–Crippen MR) is 98.8 cm³/mol. The molecule has 0 aliphatic heterocycles. The molecule has 4 rings (SSSR count). The maximum Gasteiger partial charge on any atom is 0.160 e. The molecule has 0 spiro atoms. The summed E-state index contributed by atoms with van der Waals surface area (Å²) in [6, 6.07) is 17.1. The fourth-order valence-corrected chi connectivity index (χ4v) is 2.65. The van der Waals surface area contributed by atoms with Gasteiger partial charge in [0.2, 0.25) is 0 Å². The smallest absolute Gasteiger partial charge is 0.160 e. The fourth-order valence-electron chi connectivity index (χ4n) is 2.65. The Kier molecular flexibility index (Phi) is 4.03. The van der Waals surface area contributed by atoms with E-state index in [-0.39, 0.29) is 5.49 Å². The molecule has 0 aliphatic carbocycles. The van der Waals surface area contributed by atoms with Gasteiger partial charge in [-0.3, -0.25) is 9.98 Å². The summed E-state index contributed by atoms with van der Waals surface area (Å²) < 4.78 is 6.85. The van der Waals surface area contributed by atoms with Crippen molar-refractivity contribution < 1.29 is 4.74 Å². The molecule has 0 aliphatic rings. The van der Waals surface area contributed by atoms with E-state index in [1.165, 1.54) is 6.33 Å². The number of hydrogen-bond donors (Lipinski definition) is 2. The summed E-state index contributed by atoms with van der Waals surface area (Å²) in [6.07, 6.45) is 3.05. The zero-order chi connectivity index (χ0) is 17.9. The molecule has 2 N–H and O–H groups in total. The van der Waals surface area contributed by atoms with Crippen molar-refractivity contribution >= 4 is 22.5 Å². The normalized spacial score (nSPS) is 10.7. The van der Waals surface area contributed by atoms with Gasteiger partial charge in [0.25, 0.3) is 0 Å². The molecule has 7 heteroatoms. The van der Waals surface area contributed by atoms with Gasteiger partial charge in [-0.15, -0.1) is 0 Å². The van der Waals surface area contributed by atoms with Gasteiger partial charge in [0.05, 0.1) is 7.11 Å². The van der Waals surface area contributed by atoms with Crippen LogP contribution in [0.15, 0.2) is 67.3 Å². The van der Waals surface area contributed by atoms with Crippen LogP contribution in [0.1, 0.15) is 0 Å². The Morgan fingerprint density at radius 1 is 0.923 bits per heavy atom. The zero-order valence-electron chi connectivity index (χ0n) is 14.0. The van der Waals surface area contributed by atoms with Crippen molar-refractivity contribution in [2.24, 2.45) is 0 Å². The molecule has 0 atom stereocenters. The maximum atomic E-state index is 8.49. The van der Waals surface area contributed by atoms with Crippen molar-refractivity contribution in [3.63, 3.8) is 0 Å². The first-order chi connectivity index (χ1) is 12.8. The average Bonchev–Trinajstić information content (AvgIpc) is 2.70. The van der Waals surface area contributed by atoms with Gasteiger partial charge in [-0.1, -0.05) is 18.2 Å². The molecule has 0 saturated carbocycles. The summed E-state index contributed by atoms with van der Waals surface area (Å²) in [6.45, 7) is 0. The van der Waals surface area contributed by atoms with E-state index in [4.69, 9.17) is 10.1 Å². The number of anilines is 2. The molecule has 2 aromatic carbocycles. The number of para-hydroxylation sites is 1. The van der Waals surface area contributed by atoms with Gasteiger partial charge in [0.1, 0.15) is 29.4 Å². The fraction of sp³-hybridized carbons (Fsp3) is 0.0526. The number of methoxy groups -OCH3 is 1. The first kappa shape index (κ1) is 15.8. The number of ether oxygens (including phenoxy) is 1. The number of nitrogens with zero attached hydrogens (tertiary/aromatic N) is 4. The Morgan fingerprint density at radius 3 is 2.42 bits per heavy atom. The molecule has 0 bridgehead atoms. The maximum absolute atomic E-state index is 8.49. The van der Waals surface area contributed by atoms with E-state index in [1.807, 2.05) is 54.6 Å². The summed E-state index contributed by atoms with van der Waals surface area (Å²) in [7, 11) is 1.63. The van der Waals surface area contributed by atoms with Crippen LogP contribution in [0.25, 0.3) is 16.7 Å². The van der Waals surface area contributed by atoms with Crippen molar-refractivity contribution in [1.82, 2.24) is 19.5 Å². The lowest BCUT2D eigenvalue weighted by atomic mass is 10.3. The monoisotopic (exact) mass is 344 g/mol. The molecule has 26 heavy (non-hydrogen) atoms. The number of fused-ring (bicyclic) bond motifs is 1. The third kappa shape index (κ3) is 2.86. The van der Waals surface area contributed by atoms with Gasteiger partial charge < -0.3 is 10.1 Å². The standard InChI is InChI=1S/C19H16N6O/c1-26-15-9-7-13(8-10-15)24-19-17-16(21-11-22-19)18(20)25(12-23-17)14-5-3-2-4-6-14/h2-12,20H,1H3,(H,21,22,24). The second kappa shape index (κ2) is 6.64. The van der Waals surface area contributed by atoms with Gasteiger partial charge >= 0.3 is 0 Å². The van der Waals surface area contributed by atoms with Crippen LogP contribution in [-0.4, -0.2) is 26.6 Å².